The third-order valence-corrected chi connectivity index (χ3v) is 3.88. The summed E-state index contributed by atoms with van der Waals surface area (Å²) < 4.78 is 1.15. The molecule has 1 aliphatic rings. The second-order valence-electron chi connectivity index (χ2n) is 4.90. The Morgan fingerprint density at radius 1 is 1.44 bits per heavy atom. The minimum absolute atomic E-state index is 0.514. The Hall–Kier alpha value is -0.380. The molecule has 1 heterocycles. The van der Waals surface area contributed by atoms with Crippen LogP contribution in [-0.2, 0) is 6.54 Å². The van der Waals surface area contributed by atoms with Crippen molar-refractivity contribution in [2.24, 2.45) is 0 Å². The summed E-state index contributed by atoms with van der Waals surface area (Å²) in [4.78, 5) is 2.32. The van der Waals surface area contributed by atoms with Crippen molar-refractivity contribution < 1.29 is 5.11 Å². The number of piperidine rings is 1. The van der Waals surface area contributed by atoms with Gasteiger partial charge < -0.3 is 5.11 Å². The molecule has 1 saturated heterocycles. The van der Waals surface area contributed by atoms with Crippen molar-refractivity contribution in [2.45, 2.75) is 31.9 Å². The predicted molar refractivity (Wildman–Crippen MR) is 69.3 cm³/mol. The monoisotopic (exact) mass is 283 g/mol. The highest BCUT2D eigenvalue weighted by atomic mass is 79.9. The molecule has 0 saturated carbocycles. The average molecular weight is 284 g/mol. The summed E-state index contributed by atoms with van der Waals surface area (Å²) >= 11 is 3.56. The molecule has 1 aromatic carbocycles. The third-order valence-electron chi connectivity index (χ3n) is 3.11. The predicted octanol–water partition coefficient (Wildman–Crippen LogP) is 2.80. The van der Waals surface area contributed by atoms with Crippen LogP contribution in [0, 0.1) is 0 Å². The van der Waals surface area contributed by atoms with Gasteiger partial charge in [-0.25, -0.2) is 0 Å². The first-order valence-corrected chi connectivity index (χ1v) is 6.54. The fraction of sp³-hybridized carbons (Fsp3) is 0.538. The van der Waals surface area contributed by atoms with E-state index in [9.17, 15) is 5.11 Å². The highest BCUT2D eigenvalue weighted by molar-refractivity contribution is 9.10. The minimum Gasteiger partial charge on any atom is -0.389 e. The van der Waals surface area contributed by atoms with Gasteiger partial charge in [-0.2, -0.15) is 0 Å². The maximum Gasteiger partial charge on any atom is 0.0746 e. The molecular formula is C13H18BrNO. The van der Waals surface area contributed by atoms with Gasteiger partial charge in [0.15, 0.2) is 0 Å². The summed E-state index contributed by atoms with van der Waals surface area (Å²) in [6, 6.07) is 8.28. The van der Waals surface area contributed by atoms with Crippen molar-refractivity contribution >= 4 is 15.9 Å². The highest BCUT2D eigenvalue weighted by Gasteiger charge is 2.28. The van der Waals surface area contributed by atoms with Crippen LogP contribution in [0.5, 0.6) is 0 Å². The standard InChI is InChI=1S/C13H18BrNO/c1-13(16)7-4-8-15(10-13)9-11-5-2-3-6-12(11)14/h2-3,5-6,16H,4,7-10H2,1H3. The lowest BCUT2D eigenvalue weighted by molar-refractivity contribution is -0.0182. The molecule has 1 atom stereocenters. The van der Waals surface area contributed by atoms with E-state index in [1.807, 2.05) is 13.0 Å². The molecule has 1 aliphatic heterocycles. The molecular weight excluding hydrogens is 266 g/mol. The number of halogens is 1. The SMILES string of the molecule is CC1(O)CCCN(Cc2ccccc2Br)C1. The van der Waals surface area contributed by atoms with Crippen molar-refractivity contribution in [1.82, 2.24) is 4.90 Å². The quantitative estimate of drug-likeness (QED) is 0.902. The van der Waals surface area contributed by atoms with Crippen LogP contribution in [0.15, 0.2) is 28.7 Å². The Balaban J connectivity index is 2.02. The number of hydrogen-bond acceptors (Lipinski definition) is 2. The van der Waals surface area contributed by atoms with Crippen molar-refractivity contribution in [1.29, 1.82) is 0 Å². The van der Waals surface area contributed by atoms with Crippen LogP contribution in [0.2, 0.25) is 0 Å². The van der Waals surface area contributed by atoms with Gasteiger partial charge in [0, 0.05) is 17.6 Å². The molecule has 1 aromatic rings. The zero-order valence-electron chi connectivity index (χ0n) is 9.62. The number of likely N-dealkylation sites (tertiary alicyclic amines) is 1. The molecule has 2 nitrogen and oxygen atoms in total. The molecule has 0 aromatic heterocycles. The van der Waals surface area contributed by atoms with Gasteiger partial charge in [0.25, 0.3) is 0 Å². The van der Waals surface area contributed by atoms with Gasteiger partial charge in [0.2, 0.25) is 0 Å². The van der Waals surface area contributed by atoms with Crippen molar-refractivity contribution in [3.8, 4) is 0 Å². The van der Waals surface area contributed by atoms with E-state index in [-0.39, 0.29) is 0 Å². The van der Waals surface area contributed by atoms with E-state index in [0.29, 0.717) is 0 Å². The van der Waals surface area contributed by atoms with Crippen molar-refractivity contribution in [3.05, 3.63) is 34.3 Å². The Labute approximate surface area is 105 Å². The molecule has 1 N–H and O–H groups in total. The molecule has 88 valence electrons. The third kappa shape index (κ3) is 3.06. The lowest BCUT2D eigenvalue weighted by Gasteiger charge is -2.37. The maximum absolute atomic E-state index is 10.0. The molecule has 0 spiro atoms. The first-order chi connectivity index (χ1) is 7.57. The summed E-state index contributed by atoms with van der Waals surface area (Å²) in [5, 5.41) is 10.0. The highest BCUT2D eigenvalue weighted by Crippen LogP contribution is 2.24. The van der Waals surface area contributed by atoms with Crippen LogP contribution in [0.25, 0.3) is 0 Å². The normalized spacial score (nSPS) is 26.9. The molecule has 0 radical (unpaired) electrons. The number of nitrogens with zero attached hydrogens (tertiary/aromatic N) is 1. The minimum atomic E-state index is -0.514. The summed E-state index contributed by atoms with van der Waals surface area (Å²) in [6.07, 6.45) is 2.00. The number of benzene rings is 1. The molecule has 16 heavy (non-hydrogen) atoms. The van der Waals surface area contributed by atoms with Gasteiger partial charge in [-0.1, -0.05) is 34.1 Å². The van der Waals surface area contributed by atoms with Crippen LogP contribution in [-0.4, -0.2) is 28.7 Å². The van der Waals surface area contributed by atoms with E-state index in [4.69, 9.17) is 0 Å². The Morgan fingerprint density at radius 2 is 2.19 bits per heavy atom. The molecule has 1 fully saturated rings. The molecule has 0 bridgehead atoms. The summed E-state index contributed by atoms with van der Waals surface area (Å²) in [6.45, 7) is 4.70. The molecule has 0 aliphatic carbocycles. The van der Waals surface area contributed by atoms with Gasteiger partial charge in [-0.3, -0.25) is 4.90 Å². The first kappa shape index (κ1) is 12.1. The number of β-amino-alcohol motifs (C(OH)–C–C–N with tert-alkyl or cyclic N) is 1. The van der Waals surface area contributed by atoms with E-state index in [1.165, 1.54) is 5.56 Å². The van der Waals surface area contributed by atoms with Gasteiger partial charge in [-0.15, -0.1) is 0 Å². The smallest absolute Gasteiger partial charge is 0.0746 e. The Morgan fingerprint density at radius 3 is 2.88 bits per heavy atom. The first-order valence-electron chi connectivity index (χ1n) is 5.75. The van der Waals surface area contributed by atoms with Crippen molar-refractivity contribution in [3.63, 3.8) is 0 Å². The zero-order chi connectivity index (χ0) is 11.6. The van der Waals surface area contributed by atoms with Crippen LogP contribution in [0.3, 0.4) is 0 Å². The Bertz CT molecular complexity index is 365. The summed E-state index contributed by atoms with van der Waals surface area (Å²) in [5.41, 5.74) is 0.777. The van der Waals surface area contributed by atoms with Crippen LogP contribution < -0.4 is 0 Å². The van der Waals surface area contributed by atoms with E-state index >= 15 is 0 Å². The second-order valence-corrected chi connectivity index (χ2v) is 5.76. The largest absolute Gasteiger partial charge is 0.389 e. The topological polar surface area (TPSA) is 23.5 Å². The van der Waals surface area contributed by atoms with Gasteiger partial charge in [0.1, 0.15) is 0 Å². The van der Waals surface area contributed by atoms with Gasteiger partial charge in [0.05, 0.1) is 5.60 Å². The molecule has 0 amide bonds. The Kier molecular flexibility index (Phi) is 3.67. The van der Waals surface area contributed by atoms with E-state index in [0.717, 1.165) is 36.9 Å². The lowest BCUT2D eigenvalue weighted by atomic mass is 9.95. The maximum atomic E-state index is 10.0. The van der Waals surface area contributed by atoms with Gasteiger partial charge in [-0.05, 0) is 37.9 Å². The van der Waals surface area contributed by atoms with Crippen molar-refractivity contribution in [2.75, 3.05) is 13.1 Å². The number of rotatable bonds is 2. The number of hydrogen-bond donors (Lipinski definition) is 1. The number of aliphatic hydroxyl groups is 1. The second kappa shape index (κ2) is 4.86. The summed E-state index contributed by atoms with van der Waals surface area (Å²) in [7, 11) is 0. The van der Waals surface area contributed by atoms with Crippen LogP contribution >= 0.6 is 15.9 Å². The molecule has 3 heteroatoms. The lowest BCUT2D eigenvalue weighted by Crippen LogP contribution is -2.45. The van der Waals surface area contributed by atoms with E-state index in [1.54, 1.807) is 0 Å². The van der Waals surface area contributed by atoms with E-state index in [2.05, 4.69) is 39.0 Å². The fourth-order valence-electron chi connectivity index (χ4n) is 2.33. The molecule has 2 rings (SSSR count). The van der Waals surface area contributed by atoms with Crippen LogP contribution in [0.1, 0.15) is 25.3 Å². The van der Waals surface area contributed by atoms with Gasteiger partial charge >= 0.3 is 0 Å². The zero-order valence-corrected chi connectivity index (χ0v) is 11.2. The molecule has 1 unspecified atom stereocenters. The summed E-state index contributed by atoms with van der Waals surface area (Å²) in [5.74, 6) is 0. The average Bonchev–Trinajstić information content (AvgIpc) is 2.20. The van der Waals surface area contributed by atoms with E-state index < -0.39 is 5.60 Å². The van der Waals surface area contributed by atoms with Crippen LogP contribution in [0.4, 0.5) is 0 Å². The fourth-order valence-corrected chi connectivity index (χ4v) is 2.74.